The number of nitrogens with one attached hydrogen (secondary N) is 2. The van der Waals surface area contributed by atoms with Gasteiger partial charge in [-0.1, -0.05) is 12.1 Å². The lowest BCUT2D eigenvalue weighted by atomic mass is 10.1. The fraction of sp³-hybridized carbons (Fsp3) is 0.111. The van der Waals surface area contributed by atoms with Crippen LogP contribution in [0.3, 0.4) is 0 Å². The van der Waals surface area contributed by atoms with Crippen molar-refractivity contribution in [2.45, 2.75) is 0 Å². The summed E-state index contributed by atoms with van der Waals surface area (Å²) < 4.78 is 0. The third-order valence-corrected chi connectivity index (χ3v) is 2.47. The lowest BCUT2D eigenvalue weighted by molar-refractivity contribution is 0.0946. The van der Waals surface area contributed by atoms with Crippen LogP contribution in [0.5, 0.6) is 0 Å². The van der Waals surface area contributed by atoms with Gasteiger partial charge >= 0.3 is 0 Å². The second-order valence-corrected chi connectivity index (χ2v) is 3.35. The number of hydrogen-bond donors (Lipinski definition) is 2. The number of carbonyl (C=O) groups is 1. The van der Waals surface area contributed by atoms with E-state index in [0.717, 1.165) is 5.69 Å². The lowest BCUT2D eigenvalue weighted by Crippen LogP contribution is -2.44. The van der Waals surface area contributed by atoms with Crippen molar-refractivity contribution >= 4 is 28.9 Å². The second kappa shape index (κ2) is 3.26. The van der Waals surface area contributed by atoms with Crippen LogP contribution < -0.4 is 15.8 Å². The number of anilines is 1. The van der Waals surface area contributed by atoms with E-state index < -0.39 is 0 Å². The van der Waals surface area contributed by atoms with Gasteiger partial charge in [0.1, 0.15) is 0 Å². The van der Waals surface area contributed by atoms with Crippen molar-refractivity contribution in [1.82, 2.24) is 10.9 Å². The molecule has 1 aromatic carbocycles. The average molecular weight is 207 g/mol. The molecule has 1 aromatic rings. The molecule has 4 nitrogen and oxygen atoms in total. The number of fused-ring (bicyclic) bond motifs is 1. The van der Waals surface area contributed by atoms with Gasteiger partial charge in [0.2, 0.25) is 0 Å². The molecule has 1 aliphatic rings. The van der Waals surface area contributed by atoms with Gasteiger partial charge in [0, 0.05) is 7.05 Å². The summed E-state index contributed by atoms with van der Waals surface area (Å²) in [4.78, 5) is 13.3. The Kier molecular flexibility index (Phi) is 2.09. The van der Waals surface area contributed by atoms with Gasteiger partial charge < -0.3 is 4.90 Å². The minimum Gasteiger partial charge on any atom is -0.320 e. The van der Waals surface area contributed by atoms with Crippen LogP contribution in [0.4, 0.5) is 5.69 Å². The molecule has 0 spiro atoms. The first-order valence-electron chi connectivity index (χ1n) is 4.13. The van der Waals surface area contributed by atoms with E-state index in [1.165, 1.54) is 0 Å². The number of rotatable bonds is 0. The molecule has 0 atom stereocenters. The van der Waals surface area contributed by atoms with Crippen molar-refractivity contribution in [2.75, 3.05) is 11.9 Å². The predicted octanol–water partition coefficient (Wildman–Crippen LogP) is 0.656. The quantitative estimate of drug-likeness (QED) is 0.613. The average Bonchev–Trinajstić information content (AvgIpc) is 2.33. The van der Waals surface area contributed by atoms with Crippen molar-refractivity contribution in [2.24, 2.45) is 0 Å². The summed E-state index contributed by atoms with van der Waals surface area (Å²) >= 11 is 5.04. The number of thiocarbonyl (C=S) groups is 1. The Labute approximate surface area is 86.9 Å². The Hall–Kier alpha value is -1.62. The summed E-state index contributed by atoms with van der Waals surface area (Å²) in [5, 5.41) is 0.475. The van der Waals surface area contributed by atoms with E-state index in [1.807, 2.05) is 25.2 Å². The lowest BCUT2D eigenvalue weighted by Gasteiger charge is -2.17. The molecule has 0 fully saturated rings. The highest BCUT2D eigenvalue weighted by molar-refractivity contribution is 7.80. The fourth-order valence-corrected chi connectivity index (χ4v) is 1.48. The fourth-order valence-electron chi connectivity index (χ4n) is 1.33. The van der Waals surface area contributed by atoms with Gasteiger partial charge in [0.05, 0.1) is 11.3 Å². The van der Waals surface area contributed by atoms with Gasteiger partial charge in [0.15, 0.2) is 5.11 Å². The molecule has 0 unspecified atom stereocenters. The van der Waals surface area contributed by atoms with Crippen molar-refractivity contribution in [3.63, 3.8) is 0 Å². The van der Waals surface area contributed by atoms with Crippen molar-refractivity contribution in [1.29, 1.82) is 0 Å². The molecule has 0 aromatic heterocycles. The maximum absolute atomic E-state index is 11.5. The molecule has 14 heavy (non-hydrogen) atoms. The molecule has 72 valence electrons. The summed E-state index contributed by atoms with van der Waals surface area (Å²) in [5.41, 5.74) is 6.58. The molecular formula is C9H9N3OS. The SMILES string of the molecule is CN1C(=S)NNC(=O)c2ccccc21. The monoisotopic (exact) mass is 207 g/mol. The van der Waals surface area contributed by atoms with Crippen LogP contribution >= 0.6 is 12.2 Å². The molecule has 1 aliphatic heterocycles. The number of carbonyl (C=O) groups excluding carboxylic acids is 1. The number of hydrogen-bond acceptors (Lipinski definition) is 2. The molecule has 5 heteroatoms. The maximum atomic E-state index is 11.5. The molecule has 1 heterocycles. The van der Waals surface area contributed by atoms with Gasteiger partial charge in [-0.15, -0.1) is 0 Å². The molecule has 2 N–H and O–H groups in total. The van der Waals surface area contributed by atoms with Crippen LogP contribution in [0.15, 0.2) is 24.3 Å². The van der Waals surface area contributed by atoms with Crippen molar-refractivity contribution in [3.8, 4) is 0 Å². The number of para-hydroxylation sites is 1. The van der Waals surface area contributed by atoms with Crippen LogP contribution in [0.25, 0.3) is 0 Å². The Morgan fingerprint density at radius 3 is 2.79 bits per heavy atom. The first kappa shape index (κ1) is 8.96. The maximum Gasteiger partial charge on any atom is 0.271 e. The Morgan fingerprint density at radius 2 is 2.00 bits per heavy atom. The first-order chi connectivity index (χ1) is 6.70. The number of hydrazine groups is 1. The zero-order valence-electron chi connectivity index (χ0n) is 7.57. The van der Waals surface area contributed by atoms with Gasteiger partial charge in [-0.2, -0.15) is 0 Å². The molecule has 0 bridgehead atoms. The van der Waals surface area contributed by atoms with Gasteiger partial charge in [0.25, 0.3) is 5.91 Å². The highest BCUT2D eigenvalue weighted by Crippen LogP contribution is 2.20. The summed E-state index contributed by atoms with van der Waals surface area (Å²) in [6, 6.07) is 7.31. The van der Waals surface area contributed by atoms with E-state index in [0.29, 0.717) is 10.7 Å². The molecule has 0 aliphatic carbocycles. The molecule has 0 radical (unpaired) electrons. The second-order valence-electron chi connectivity index (χ2n) is 2.96. The molecular weight excluding hydrogens is 198 g/mol. The highest BCUT2D eigenvalue weighted by Gasteiger charge is 2.19. The van der Waals surface area contributed by atoms with E-state index in [2.05, 4.69) is 10.9 Å². The number of amides is 1. The number of benzene rings is 1. The third kappa shape index (κ3) is 1.31. The largest absolute Gasteiger partial charge is 0.320 e. The zero-order valence-corrected chi connectivity index (χ0v) is 8.39. The molecule has 0 saturated carbocycles. The standard InChI is InChI=1S/C9H9N3OS/c1-12-7-5-3-2-4-6(7)8(13)10-11-9(12)14/h2-5H,1H3,(H,10,13)(H,11,14). The Balaban J connectivity index is 2.57. The van der Waals surface area contributed by atoms with Crippen molar-refractivity contribution < 1.29 is 4.79 Å². The Morgan fingerprint density at radius 1 is 1.29 bits per heavy atom. The smallest absolute Gasteiger partial charge is 0.271 e. The van der Waals surface area contributed by atoms with E-state index in [-0.39, 0.29) is 5.91 Å². The Bertz CT molecular complexity index is 405. The van der Waals surface area contributed by atoms with Crippen LogP contribution in [-0.2, 0) is 0 Å². The summed E-state index contributed by atoms with van der Waals surface area (Å²) in [6.07, 6.45) is 0. The summed E-state index contributed by atoms with van der Waals surface area (Å²) in [6.45, 7) is 0. The van der Waals surface area contributed by atoms with Crippen LogP contribution in [0.2, 0.25) is 0 Å². The molecule has 1 amide bonds. The van der Waals surface area contributed by atoms with E-state index in [1.54, 1.807) is 11.0 Å². The minimum absolute atomic E-state index is 0.174. The van der Waals surface area contributed by atoms with E-state index in [9.17, 15) is 4.79 Å². The van der Waals surface area contributed by atoms with Gasteiger partial charge in [-0.05, 0) is 24.4 Å². The van der Waals surface area contributed by atoms with Crippen LogP contribution in [-0.4, -0.2) is 18.1 Å². The minimum atomic E-state index is -0.174. The zero-order chi connectivity index (χ0) is 10.1. The third-order valence-electron chi connectivity index (χ3n) is 2.10. The van der Waals surface area contributed by atoms with Crippen LogP contribution in [0, 0.1) is 0 Å². The van der Waals surface area contributed by atoms with Crippen molar-refractivity contribution in [3.05, 3.63) is 29.8 Å². The molecule has 2 rings (SSSR count). The normalized spacial score (nSPS) is 15.4. The summed E-state index contributed by atoms with van der Waals surface area (Å²) in [7, 11) is 1.81. The van der Waals surface area contributed by atoms with E-state index >= 15 is 0 Å². The van der Waals surface area contributed by atoms with Crippen LogP contribution in [0.1, 0.15) is 10.4 Å². The summed E-state index contributed by atoms with van der Waals surface area (Å²) in [5.74, 6) is -0.174. The first-order valence-corrected chi connectivity index (χ1v) is 4.54. The van der Waals surface area contributed by atoms with Gasteiger partial charge in [-0.3, -0.25) is 15.6 Å². The number of nitrogens with zero attached hydrogens (tertiary/aromatic N) is 1. The predicted molar refractivity (Wildman–Crippen MR) is 58.0 cm³/mol. The topological polar surface area (TPSA) is 44.4 Å². The highest BCUT2D eigenvalue weighted by atomic mass is 32.1. The van der Waals surface area contributed by atoms with Gasteiger partial charge in [-0.25, -0.2) is 0 Å². The van der Waals surface area contributed by atoms with E-state index in [4.69, 9.17) is 12.2 Å². The molecule has 0 saturated heterocycles.